The number of ether oxygens (including phenoxy) is 1. The minimum Gasteiger partial charge on any atom is -0.491 e. The van der Waals surface area contributed by atoms with E-state index in [0.29, 0.717) is 17.7 Å². The molecule has 4 N–H and O–H groups in total. The number of benzene rings is 1. The molecular formula is C17H29ClN2O3. The van der Waals surface area contributed by atoms with Crippen LogP contribution in [0.25, 0.3) is 0 Å². The van der Waals surface area contributed by atoms with Crippen LogP contribution in [0, 0.1) is 0 Å². The molecule has 0 saturated carbocycles. The summed E-state index contributed by atoms with van der Waals surface area (Å²) in [6, 6.07) is 7.25. The van der Waals surface area contributed by atoms with Gasteiger partial charge in [0.05, 0.1) is 17.7 Å². The fourth-order valence-electron chi connectivity index (χ4n) is 2.21. The van der Waals surface area contributed by atoms with E-state index in [4.69, 9.17) is 10.5 Å². The molecule has 5 nitrogen and oxygen atoms in total. The number of nitrogens with two attached hydrogens (primary N) is 1. The lowest BCUT2D eigenvalue weighted by atomic mass is 9.96. The Hall–Kier alpha value is -1.30. The molecule has 0 aliphatic heterocycles. The second-order valence-corrected chi connectivity index (χ2v) is 6.13. The molecule has 0 aliphatic rings. The van der Waals surface area contributed by atoms with Gasteiger partial charge in [0, 0.05) is 6.54 Å². The highest BCUT2D eigenvalue weighted by molar-refractivity contribution is 5.85. The Kier molecular flexibility index (Phi) is 9.20. The first kappa shape index (κ1) is 21.7. The highest BCUT2D eigenvalue weighted by Crippen LogP contribution is 2.20. The zero-order valence-corrected chi connectivity index (χ0v) is 15.2. The molecule has 0 saturated heterocycles. The Balaban J connectivity index is 0.00000484. The lowest BCUT2D eigenvalue weighted by Crippen LogP contribution is -2.52. The third kappa shape index (κ3) is 7.20. The van der Waals surface area contributed by atoms with E-state index >= 15 is 0 Å². The average molecular weight is 345 g/mol. The van der Waals surface area contributed by atoms with Crippen LogP contribution in [0.4, 0.5) is 0 Å². The van der Waals surface area contributed by atoms with Crippen LogP contribution in [0.2, 0.25) is 0 Å². The van der Waals surface area contributed by atoms with Gasteiger partial charge in [-0.2, -0.15) is 0 Å². The highest BCUT2D eigenvalue weighted by Gasteiger charge is 2.27. The molecule has 2 atom stereocenters. The summed E-state index contributed by atoms with van der Waals surface area (Å²) in [7, 11) is 0. The third-order valence-electron chi connectivity index (χ3n) is 3.36. The van der Waals surface area contributed by atoms with Crippen molar-refractivity contribution in [3.63, 3.8) is 0 Å². The first-order chi connectivity index (χ1) is 10.3. The second kappa shape index (κ2) is 9.75. The lowest BCUT2D eigenvalue weighted by molar-refractivity contribution is -0.126. The van der Waals surface area contributed by atoms with E-state index in [1.807, 2.05) is 32.9 Å². The van der Waals surface area contributed by atoms with Gasteiger partial charge in [0.2, 0.25) is 5.91 Å². The molecule has 0 radical (unpaired) electrons. The predicted octanol–water partition coefficient (Wildman–Crippen LogP) is 2.56. The monoisotopic (exact) mass is 344 g/mol. The summed E-state index contributed by atoms with van der Waals surface area (Å²) in [6.45, 7) is 7.70. The molecule has 6 heteroatoms. The standard InChI is InChI=1S/C17H28N2O3.ClH/c1-5-9-17(4,18)16(21)19-11-15(20)13-7-6-8-14(10-13)22-12(2)3;/h6-8,10,12,15,20H,5,9,11,18H2,1-4H3,(H,19,21);1H. The van der Waals surface area contributed by atoms with Crippen LogP contribution in [0.3, 0.4) is 0 Å². The maximum Gasteiger partial charge on any atom is 0.239 e. The average Bonchev–Trinajstić information content (AvgIpc) is 2.43. The Morgan fingerprint density at radius 3 is 2.65 bits per heavy atom. The molecule has 0 heterocycles. The van der Waals surface area contributed by atoms with Gasteiger partial charge in [-0.15, -0.1) is 12.4 Å². The maximum atomic E-state index is 12.0. The van der Waals surface area contributed by atoms with Gasteiger partial charge in [-0.25, -0.2) is 0 Å². The molecular weight excluding hydrogens is 316 g/mol. The van der Waals surface area contributed by atoms with Crippen molar-refractivity contribution in [3.05, 3.63) is 29.8 Å². The van der Waals surface area contributed by atoms with E-state index in [9.17, 15) is 9.90 Å². The number of rotatable bonds is 8. The number of carbonyl (C=O) groups is 1. The fourth-order valence-corrected chi connectivity index (χ4v) is 2.21. The van der Waals surface area contributed by atoms with Crippen molar-refractivity contribution in [3.8, 4) is 5.75 Å². The minimum absolute atomic E-state index is 0. The topological polar surface area (TPSA) is 84.6 Å². The van der Waals surface area contributed by atoms with Crippen LogP contribution in [-0.4, -0.2) is 29.2 Å². The number of hydrogen-bond acceptors (Lipinski definition) is 4. The summed E-state index contributed by atoms with van der Waals surface area (Å²) in [6.07, 6.45) is 0.709. The second-order valence-electron chi connectivity index (χ2n) is 6.13. The van der Waals surface area contributed by atoms with Gasteiger partial charge in [0.15, 0.2) is 0 Å². The summed E-state index contributed by atoms with van der Waals surface area (Å²) >= 11 is 0. The quantitative estimate of drug-likeness (QED) is 0.676. The van der Waals surface area contributed by atoms with E-state index in [1.54, 1.807) is 19.1 Å². The number of halogens is 1. The van der Waals surface area contributed by atoms with Crippen molar-refractivity contribution in [2.45, 2.75) is 58.3 Å². The summed E-state index contributed by atoms with van der Waals surface area (Å²) in [5.41, 5.74) is 5.76. The molecule has 1 aromatic carbocycles. The molecule has 0 bridgehead atoms. The van der Waals surface area contributed by atoms with Gasteiger partial charge in [-0.05, 0) is 44.9 Å². The van der Waals surface area contributed by atoms with Crippen molar-refractivity contribution in [2.75, 3.05) is 6.54 Å². The molecule has 1 rings (SSSR count). The van der Waals surface area contributed by atoms with E-state index in [-0.39, 0.29) is 31.0 Å². The van der Waals surface area contributed by atoms with Gasteiger partial charge >= 0.3 is 0 Å². The first-order valence-electron chi connectivity index (χ1n) is 7.78. The SMILES string of the molecule is CCCC(C)(N)C(=O)NCC(O)c1cccc(OC(C)C)c1.Cl. The molecule has 0 aromatic heterocycles. The maximum absolute atomic E-state index is 12.0. The number of aliphatic hydroxyl groups is 1. The van der Waals surface area contributed by atoms with Crippen LogP contribution < -0.4 is 15.8 Å². The van der Waals surface area contributed by atoms with Crippen LogP contribution in [-0.2, 0) is 4.79 Å². The van der Waals surface area contributed by atoms with Gasteiger partial charge < -0.3 is 20.9 Å². The van der Waals surface area contributed by atoms with Crippen LogP contribution in [0.5, 0.6) is 5.75 Å². The molecule has 0 spiro atoms. The van der Waals surface area contributed by atoms with Crippen molar-refractivity contribution < 1.29 is 14.6 Å². The number of nitrogens with one attached hydrogen (secondary N) is 1. The van der Waals surface area contributed by atoms with E-state index in [2.05, 4.69) is 5.32 Å². The molecule has 1 aromatic rings. The van der Waals surface area contributed by atoms with E-state index in [1.165, 1.54) is 0 Å². The van der Waals surface area contributed by atoms with Gasteiger partial charge in [0.25, 0.3) is 0 Å². The third-order valence-corrected chi connectivity index (χ3v) is 3.36. The Bertz CT molecular complexity index is 492. The van der Waals surface area contributed by atoms with Crippen molar-refractivity contribution in [2.24, 2.45) is 5.73 Å². The Morgan fingerprint density at radius 1 is 1.43 bits per heavy atom. The highest BCUT2D eigenvalue weighted by atomic mass is 35.5. The Morgan fingerprint density at radius 2 is 2.09 bits per heavy atom. The van der Waals surface area contributed by atoms with Crippen LogP contribution >= 0.6 is 12.4 Å². The van der Waals surface area contributed by atoms with Gasteiger partial charge in [-0.1, -0.05) is 25.5 Å². The van der Waals surface area contributed by atoms with Gasteiger partial charge in [-0.3, -0.25) is 4.79 Å². The lowest BCUT2D eigenvalue weighted by Gasteiger charge is -2.24. The van der Waals surface area contributed by atoms with Crippen molar-refractivity contribution in [1.82, 2.24) is 5.32 Å². The summed E-state index contributed by atoms with van der Waals surface area (Å²) in [5.74, 6) is 0.454. The summed E-state index contributed by atoms with van der Waals surface area (Å²) in [5, 5.41) is 12.9. The zero-order chi connectivity index (χ0) is 16.8. The fraction of sp³-hybridized carbons (Fsp3) is 0.588. The van der Waals surface area contributed by atoms with E-state index < -0.39 is 11.6 Å². The molecule has 1 amide bonds. The molecule has 2 unspecified atom stereocenters. The number of carbonyl (C=O) groups excluding carboxylic acids is 1. The zero-order valence-electron chi connectivity index (χ0n) is 14.3. The normalized spacial score (nSPS) is 14.6. The van der Waals surface area contributed by atoms with E-state index in [0.717, 1.165) is 6.42 Å². The molecule has 0 fully saturated rings. The first-order valence-corrected chi connectivity index (χ1v) is 7.78. The number of hydrogen-bond donors (Lipinski definition) is 3. The van der Waals surface area contributed by atoms with Crippen molar-refractivity contribution in [1.29, 1.82) is 0 Å². The number of amides is 1. The minimum atomic E-state index is -0.906. The summed E-state index contributed by atoms with van der Waals surface area (Å²) < 4.78 is 5.60. The number of aliphatic hydroxyl groups excluding tert-OH is 1. The van der Waals surface area contributed by atoms with Crippen LogP contribution in [0.1, 0.15) is 52.2 Å². The smallest absolute Gasteiger partial charge is 0.239 e. The largest absolute Gasteiger partial charge is 0.491 e. The molecule has 0 aliphatic carbocycles. The van der Waals surface area contributed by atoms with Gasteiger partial charge in [0.1, 0.15) is 5.75 Å². The van der Waals surface area contributed by atoms with Crippen molar-refractivity contribution >= 4 is 18.3 Å². The summed E-state index contributed by atoms with van der Waals surface area (Å²) in [4.78, 5) is 12.0. The molecule has 23 heavy (non-hydrogen) atoms. The molecule has 132 valence electrons. The van der Waals surface area contributed by atoms with Crippen LogP contribution in [0.15, 0.2) is 24.3 Å². The predicted molar refractivity (Wildman–Crippen MR) is 94.9 cm³/mol. The Labute approximate surface area is 145 Å².